The van der Waals surface area contributed by atoms with E-state index < -0.39 is 10.0 Å². The number of ether oxygens (including phenoxy) is 1. The van der Waals surface area contributed by atoms with Crippen LogP contribution in [0, 0.1) is 0 Å². The number of halogens is 1. The summed E-state index contributed by atoms with van der Waals surface area (Å²) in [6.45, 7) is 0. The van der Waals surface area contributed by atoms with Crippen LogP contribution in [0.1, 0.15) is 19.3 Å². The number of nitrogens with one attached hydrogen (secondary N) is 1. The molecule has 1 fully saturated rings. The van der Waals surface area contributed by atoms with E-state index in [0.29, 0.717) is 12.5 Å². The third kappa shape index (κ3) is 4.06. The highest BCUT2D eigenvalue weighted by molar-refractivity contribution is 14.1. The zero-order valence-electron chi connectivity index (χ0n) is 8.94. The molecule has 0 spiro atoms. The van der Waals surface area contributed by atoms with Gasteiger partial charge in [0.05, 0.1) is 18.1 Å². The van der Waals surface area contributed by atoms with Crippen molar-refractivity contribution in [1.29, 1.82) is 0 Å². The molecule has 0 saturated heterocycles. The number of hydrogen-bond donors (Lipinski definition) is 1. The largest absolute Gasteiger partial charge is 0.495 e. The van der Waals surface area contributed by atoms with Crippen molar-refractivity contribution in [3.8, 4) is 0 Å². The second kappa shape index (κ2) is 4.66. The molecule has 1 atom stereocenters. The summed E-state index contributed by atoms with van der Waals surface area (Å²) in [7, 11) is -3.16. The molecule has 1 saturated carbocycles. The van der Waals surface area contributed by atoms with Gasteiger partial charge in [-0.25, -0.2) is 13.1 Å². The van der Waals surface area contributed by atoms with Crippen molar-refractivity contribution < 1.29 is 13.2 Å². The van der Waals surface area contributed by atoms with Crippen molar-refractivity contribution in [1.82, 2.24) is 4.72 Å². The first-order valence-corrected chi connectivity index (χ1v) is 8.11. The summed E-state index contributed by atoms with van der Waals surface area (Å²) in [5.41, 5.74) is 0. The first-order chi connectivity index (χ1) is 7.42. The van der Waals surface area contributed by atoms with Crippen molar-refractivity contribution in [3.05, 3.63) is 21.5 Å². The van der Waals surface area contributed by atoms with E-state index in [0.717, 1.165) is 22.2 Å². The first kappa shape index (κ1) is 12.4. The highest BCUT2D eigenvalue weighted by Crippen LogP contribution is 2.31. The number of hydrogen-bond acceptors (Lipinski definition) is 3. The van der Waals surface area contributed by atoms with Gasteiger partial charge in [0.25, 0.3) is 0 Å². The average Bonchev–Trinajstić information content (AvgIpc) is 2.82. The lowest BCUT2D eigenvalue weighted by Crippen LogP contribution is -2.34. The number of allylic oxidation sites excluding steroid dienone is 2. The van der Waals surface area contributed by atoms with Crippen LogP contribution in [-0.2, 0) is 14.8 Å². The van der Waals surface area contributed by atoms with Crippen LogP contribution in [0.5, 0.6) is 0 Å². The second-order valence-corrected chi connectivity index (χ2v) is 7.21. The molecule has 0 aromatic carbocycles. The smallest absolute Gasteiger partial charge is 0.209 e. The van der Waals surface area contributed by atoms with Gasteiger partial charge in [0, 0.05) is 16.0 Å². The summed E-state index contributed by atoms with van der Waals surface area (Å²) in [6, 6.07) is -0.180. The molecule has 0 bridgehead atoms. The minimum atomic E-state index is -3.16. The maximum absolute atomic E-state index is 11.1. The van der Waals surface area contributed by atoms with Crippen LogP contribution in [-0.4, -0.2) is 26.8 Å². The molecule has 2 aliphatic rings. The van der Waals surface area contributed by atoms with E-state index >= 15 is 0 Å². The maximum atomic E-state index is 11.1. The van der Waals surface area contributed by atoms with Crippen LogP contribution in [0.3, 0.4) is 0 Å². The Labute approximate surface area is 109 Å². The summed E-state index contributed by atoms with van der Waals surface area (Å²) in [5.74, 6) is 0.885. The lowest BCUT2D eigenvalue weighted by Gasteiger charge is -2.20. The number of sulfonamides is 1. The summed E-state index contributed by atoms with van der Waals surface area (Å²) in [4.78, 5) is 0. The molecule has 0 aromatic heterocycles. The molecule has 16 heavy (non-hydrogen) atoms. The molecule has 0 aromatic rings. The Balaban J connectivity index is 2.00. The van der Waals surface area contributed by atoms with Crippen LogP contribution < -0.4 is 4.72 Å². The van der Waals surface area contributed by atoms with E-state index in [1.54, 1.807) is 0 Å². The number of rotatable bonds is 4. The van der Waals surface area contributed by atoms with Crippen LogP contribution >= 0.6 is 22.6 Å². The first-order valence-electron chi connectivity index (χ1n) is 5.14. The molecule has 0 aliphatic heterocycles. The Morgan fingerprint density at radius 3 is 2.75 bits per heavy atom. The third-order valence-corrected chi connectivity index (χ3v) is 3.69. The van der Waals surface area contributed by atoms with Crippen molar-refractivity contribution >= 4 is 32.6 Å². The van der Waals surface area contributed by atoms with Crippen LogP contribution in [0.2, 0.25) is 0 Å². The quantitative estimate of drug-likeness (QED) is 0.781. The van der Waals surface area contributed by atoms with E-state index in [9.17, 15) is 8.42 Å². The molecule has 0 amide bonds. The van der Waals surface area contributed by atoms with E-state index in [1.165, 1.54) is 6.26 Å². The molecule has 1 unspecified atom stereocenters. The predicted molar refractivity (Wildman–Crippen MR) is 70.7 cm³/mol. The molecular weight excluding hydrogens is 341 g/mol. The Kier molecular flexibility index (Phi) is 3.60. The lowest BCUT2D eigenvalue weighted by molar-refractivity contribution is 0.183. The van der Waals surface area contributed by atoms with Gasteiger partial charge < -0.3 is 4.74 Å². The fourth-order valence-corrected chi connectivity index (χ4v) is 3.04. The van der Waals surface area contributed by atoms with Crippen LogP contribution in [0.25, 0.3) is 0 Å². The molecule has 90 valence electrons. The third-order valence-electron chi connectivity index (χ3n) is 2.29. The van der Waals surface area contributed by atoms with Gasteiger partial charge in [0.2, 0.25) is 10.0 Å². The molecule has 6 heteroatoms. The predicted octanol–water partition coefficient (Wildman–Crippen LogP) is 1.69. The summed E-state index contributed by atoms with van der Waals surface area (Å²) >= 11 is 2.18. The Morgan fingerprint density at radius 2 is 2.19 bits per heavy atom. The molecule has 0 radical (unpaired) electrons. The van der Waals surface area contributed by atoms with E-state index in [2.05, 4.69) is 27.3 Å². The van der Waals surface area contributed by atoms with Gasteiger partial charge in [0.15, 0.2) is 0 Å². The van der Waals surface area contributed by atoms with Crippen molar-refractivity contribution in [2.45, 2.75) is 31.4 Å². The van der Waals surface area contributed by atoms with Crippen molar-refractivity contribution in [3.63, 3.8) is 0 Å². The average molecular weight is 355 g/mol. The van der Waals surface area contributed by atoms with Gasteiger partial charge in [-0.2, -0.15) is 0 Å². The van der Waals surface area contributed by atoms with Crippen LogP contribution in [0.4, 0.5) is 0 Å². The molecule has 1 N–H and O–H groups in total. The SMILES string of the molecule is CS(=O)(=O)NC1C=C(I)C=C(OC2CC2)C1. The minimum absolute atomic E-state index is 0.180. The zero-order chi connectivity index (χ0) is 11.8. The summed E-state index contributed by atoms with van der Waals surface area (Å²) in [5, 5.41) is 0. The molecule has 0 heterocycles. The van der Waals surface area contributed by atoms with Crippen LogP contribution in [0.15, 0.2) is 21.5 Å². The fourth-order valence-electron chi connectivity index (χ4n) is 1.56. The van der Waals surface area contributed by atoms with Gasteiger partial charge in [-0.1, -0.05) is 6.08 Å². The maximum Gasteiger partial charge on any atom is 0.209 e. The highest BCUT2D eigenvalue weighted by Gasteiger charge is 2.27. The summed E-state index contributed by atoms with van der Waals surface area (Å²) in [6.07, 6.45) is 8.24. The molecule has 4 nitrogen and oxygen atoms in total. The zero-order valence-corrected chi connectivity index (χ0v) is 11.9. The van der Waals surface area contributed by atoms with Crippen molar-refractivity contribution in [2.75, 3.05) is 6.26 Å². The minimum Gasteiger partial charge on any atom is -0.495 e. The Bertz CT molecular complexity index is 437. The van der Waals surface area contributed by atoms with E-state index in [-0.39, 0.29) is 6.04 Å². The molecule has 2 rings (SSSR count). The second-order valence-electron chi connectivity index (χ2n) is 4.18. The van der Waals surface area contributed by atoms with E-state index in [1.807, 2.05) is 12.2 Å². The lowest BCUT2D eigenvalue weighted by atomic mass is 10.1. The Hall–Kier alpha value is -0.0800. The summed E-state index contributed by atoms with van der Waals surface area (Å²) < 4.78 is 31.6. The Morgan fingerprint density at radius 1 is 1.50 bits per heavy atom. The van der Waals surface area contributed by atoms with Crippen molar-refractivity contribution in [2.24, 2.45) is 0 Å². The van der Waals surface area contributed by atoms with Gasteiger partial charge in [-0.05, 0) is 41.5 Å². The van der Waals surface area contributed by atoms with Gasteiger partial charge in [-0.3, -0.25) is 0 Å². The van der Waals surface area contributed by atoms with Gasteiger partial charge in [0.1, 0.15) is 0 Å². The molecule has 2 aliphatic carbocycles. The molecular formula is C10H14INO3S. The fraction of sp³-hybridized carbons (Fsp3) is 0.600. The van der Waals surface area contributed by atoms with Gasteiger partial charge in [-0.15, -0.1) is 0 Å². The van der Waals surface area contributed by atoms with Gasteiger partial charge >= 0.3 is 0 Å². The topological polar surface area (TPSA) is 55.4 Å². The monoisotopic (exact) mass is 355 g/mol. The van der Waals surface area contributed by atoms with E-state index in [4.69, 9.17) is 4.74 Å². The standard InChI is InChI=1S/C10H14INO3S/c1-16(13,14)12-8-4-7(11)5-10(6-8)15-9-2-3-9/h4-5,8-9,12H,2-3,6H2,1H3. The highest BCUT2D eigenvalue weighted by atomic mass is 127. The normalized spacial score (nSPS) is 26.0.